The summed E-state index contributed by atoms with van der Waals surface area (Å²) in [5.41, 5.74) is 1.93. The van der Waals surface area contributed by atoms with Crippen LogP contribution in [0, 0.1) is 5.82 Å². The van der Waals surface area contributed by atoms with Gasteiger partial charge in [0.25, 0.3) is 5.56 Å². The van der Waals surface area contributed by atoms with Gasteiger partial charge in [-0.3, -0.25) is 14.2 Å². The van der Waals surface area contributed by atoms with E-state index in [1.807, 2.05) is 6.26 Å². The first-order chi connectivity index (χ1) is 11.1. The Labute approximate surface area is 136 Å². The number of carbonyl (C=O) groups is 1. The predicted octanol–water partition coefficient (Wildman–Crippen LogP) is 2.23. The molecule has 0 saturated heterocycles. The fourth-order valence-electron chi connectivity index (χ4n) is 2.68. The number of nitrogens with zero attached hydrogens (tertiary/aromatic N) is 2. The molecule has 3 rings (SSSR count). The molecule has 0 atom stereocenters. The average molecular weight is 333 g/mol. The molecule has 0 fully saturated rings. The van der Waals surface area contributed by atoms with Crippen molar-refractivity contribution in [2.24, 2.45) is 0 Å². The zero-order chi connectivity index (χ0) is 16.4. The highest BCUT2D eigenvalue weighted by Crippen LogP contribution is 2.20. The highest BCUT2D eigenvalue weighted by molar-refractivity contribution is 7.98. The number of carbonyl (C=O) groups excluding carboxylic acids is 1. The van der Waals surface area contributed by atoms with Gasteiger partial charge >= 0.3 is 0 Å². The van der Waals surface area contributed by atoms with Gasteiger partial charge in [-0.1, -0.05) is 11.8 Å². The van der Waals surface area contributed by atoms with Crippen LogP contribution in [0.3, 0.4) is 0 Å². The Balaban J connectivity index is 1.83. The first-order valence-corrected chi connectivity index (χ1v) is 8.53. The lowest BCUT2D eigenvalue weighted by molar-refractivity contribution is -0.116. The van der Waals surface area contributed by atoms with Crippen molar-refractivity contribution in [3.8, 4) is 0 Å². The molecule has 1 heterocycles. The second kappa shape index (κ2) is 6.54. The molecule has 1 aromatic carbocycles. The van der Waals surface area contributed by atoms with Gasteiger partial charge in [0.1, 0.15) is 12.4 Å². The molecule has 2 aromatic rings. The lowest BCUT2D eigenvalue weighted by Crippen LogP contribution is -2.31. The number of fused-ring (bicyclic) bond motifs is 1. The Morgan fingerprint density at radius 2 is 2.09 bits per heavy atom. The van der Waals surface area contributed by atoms with Crippen molar-refractivity contribution >= 4 is 23.4 Å². The molecule has 0 saturated carbocycles. The van der Waals surface area contributed by atoms with E-state index >= 15 is 0 Å². The van der Waals surface area contributed by atoms with Crippen LogP contribution in [0.2, 0.25) is 0 Å². The largest absolute Gasteiger partial charge is 0.325 e. The summed E-state index contributed by atoms with van der Waals surface area (Å²) in [6, 6.07) is 5.50. The van der Waals surface area contributed by atoms with Crippen molar-refractivity contribution in [1.29, 1.82) is 0 Å². The van der Waals surface area contributed by atoms with Crippen LogP contribution in [0.5, 0.6) is 0 Å². The minimum absolute atomic E-state index is 0.105. The van der Waals surface area contributed by atoms with E-state index in [9.17, 15) is 14.0 Å². The number of thioether (sulfide) groups is 1. The molecule has 23 heavy (non-hydrogen) atoms. The number of benzene rings is 1. The van der Waals surface area contributed by atoms with E-state index in [0.717, 1.165) is 30.5 Å². The van der Waals surface area contributed by atoms with Crippen LogP contribution in [0.15, 0.2) is 34.2 Å². The quantitative estimate of drug-likeness (QED) is 0.688. The van der Waals surface area contributed by atoms with Gasteiger partial charge in [0, 0.05) is 11.3 Å². The van der Waals surface area contributed by atoms with Crippen LogP contribution < -0.4 is 10.9 Å². The molecule has 0 aliphatic heterocycles. The summed E-state index contributed by atoms with van der Waals surface area (Å²) < 4.78 is 14.3. The van der Waals surface area contributed by atoms with Crippen molar-refractivity contribution in [2.75, 3.05) is 11.6 Å². The number of aromatic nitrogens is 2. The molecule has 7 heteroatoms. The first-order valence-electron chi connectivity index (χ1n) is 7.30. The van der Waals surface area contributed by atoms with Gasteiger partial charge in [-0.15, -0.1) is 0 Å². The van der Waals surface area contributed by atoms with Crippen LogP contribution in [0.1, 0.15) is 17.7 Å². The maximum absolute atomic E-state index is 12.9. The molecule has 1 aliphatic rings. The van der Waals surface area contributed by atoms with Crippen molar-refractivity contribution < 1.29 is 9.18 Å². The fraction of sp³-hybridized carbons (Fsp3) is 0.312. The third-order valence-corrected chi connectivity index (χ3v) is 4.44. The second-order valence-corrected chi connectivity index (χ2v) is 6.10. The smallest absolute Gasteiger partial charge is 0.258 e. The molecule has 5 nitrogen and oxygen atoms in total. The zero-order valence-corrected chi connectivity index (χ0v) is 13.5. The normalized spacial score (nSPS) is 13.0. The summed E-state index contributed by atoms with van der Waals surface area (Å²) in [5, 5.41) is 3.21. The predicted molar refractivity (Wildman–Crippen MR) is 87.3 cm³/mol. The monoisotopic (exact) mass is 333 g/mol. The first kappa shape index (κ1) is 15.7. The Morgan fingerprint density at radius 3 is 2.78 bits per heavy atom. The van der Waals surface area contributed by atoms with E-state index in [1.54, 1.807) is 0 Å². The summed E-state index contributed by atoms with van der Waals surface area (Å²) >= 11 is 1.35. The molecule has 1 N–H and O–H groups in total. The maximum Gasteiger partial charge on any atom is 0.258 e. The summed E-state index contributed by atoms with van der Waals surface area (Å²) in [6.45, 7) is -0.105. The van der Waals surface area contributed by atoms with Crippen LogP contribution in [0.25, 0.3) is 0 Å². The van der Waals surface area contributed by atoms with Crippen LogP contribution >= 0.6 is 11.8 Å². The van der Waals surface area contributed by atoms with E-state index in [1.165, 1.54) is 40.6 Å². The lowest BCUT2D eigenvalue weighted by Gasteiger charge is -2.12. The highest BCUT2D eigenvalue weighted by atomic mass is 32.2. The third-order valence-electron chi connectivity index (χ3n) is 3.77. The van der Waals surface area contributed by atoms with Crippen molar-refractivity contribution in [1.82, 2.24) is 9.55 Å². The Hall–Kier alpha value is -2.15. The summed E-state index contributed by atoms with van der Waals surface area (Å²) in [6.07, 6.45) is 4.30. The Morgan fingerprint density at radius 1 is 1.35 bits per heavy atom. The van der Waals surface area contributed by atoms with Crippen molar-refractivity contribution in [3.05, 3.63) is 51.7 Å². The number of aryl methyl sites for hydroxylation is 1. The molecule has 1 aromatic heterocycles. The van der Waals surface area contributed by atoms with Gasteiger partial charge in [0.15, 0.2) is 5.16 Å². The fourth-order valence-corrected chi connectivity index (χ4v) is 3.25. The minimum Gasteiger partial charge on any atom is -0.325 e. The van der Waals surface area contributed by atoms with Crippen LogP contribution in [-0.4, -0.2) is 21.7 Å². The molecule has 1 aliphatic carbocycles. The number of halogens is 1. The van der Waals surface area contributed by atoms with Gasteiger partial charge in [-0.25, -0.2) is 9.37 Å². The molecule has 0 radical (unpaired) electrons. The van der Waals surface area contributed by atoms with Gasteiger partial charge in [-0.2, -0.15) is 0 Å². The Bertz CT molecular complexity index is 802. The van der Waals surface area contributed by atoms with Crippen molar-refractivity contribution in [3.63, 3.8) is 0 Å². The molecule has 1 amide bonds. The van der Waals surface area contributed by atoms with E-state index < -0.39 is 0 Å². The molecule has 0 bridgehead atoms. The lowest BCUT2D eigenvalue weighted by atomic mass is 10.2. The second-order valence-electron chi connectivity index (χ2n) is 5.32. The standard InChI is InChI=1S/C16H16FN3O2S/c1-23-16-19-13-4-2-3-12(13)15(22)20(16)9-14(21)18-11-7-5-10(17)6-8-11/h5-8H,2-4,9H2,1H3,(H,18,21). The Kier molecular flexibility index (Phi) is 4.47. The molecule has 0 spiro atoms. The van der Waals surface area contributed by atoms with E-state index in [4.69, 9.17) is 0 Å². The third kappa shape index (κ3) is 3.29. The van der Waals surface area contributed by atoms with Gasteiger partial charge in [0.2, 0.25) is 5.91 Å². The topological polar surface area (TPSA) is 64.0 Å². The molecule has 0 unspecified atom stereocenters. The van der Waals surface area contributed by atoms with Gasteiger partial charge in [-0.05, 0) is 49.8 Å². The zero-order valence-electron chi connectivity index (χ0n) is 12.6. The molecule has 120 valence electrons. The number of hydrogen-bond donors (Lipinski definition) is 1. The average Bonchev–Trinajstić information content (AvgIpc) is 3.01. The maximum atomic E-state index is 12.9. The van der Waals surface area contributed by atoms with E-state index in [0.29, 0.717) is 10.8 Å². The summed E-state index contributed by atoms with van der Waals surface area (Å²) in [4.78, 5) is 29.2. The summed E-state index contributed by atoms with van der Waals surface area (Å²) in [7, 11) is 0. The molecular weight excluding hydrogens is 317 g/mol. The van der Waals surface area contributed by atoms with Crippen LogP contribution in [-0.2, 0) is 24.2 Å². The van der Waals surface area contributed by atoms with Gasteiger partial charge in [0.05, 0.1) is 5.69 Å². The van der Waals surface area contributed by atoms with E-state index in [2.05, 4.69) is 10.3 Å². The minimum atomic E-state index is -0.369. The van der Waals surface area contributed by atoms with Crippen molar-refractivity contribution in [2.45, 2.75) is 31.0 Å². The number of nitrogens with one attached hydrogen (secondary N) is 1. The number of anilines is 1. The number of hydrogen-bond acceptors (Lipinski definition) is 4. The number of rotatable bonds is 4. The van der Waals surface area contributed by atoms with Crippen LogP contribution in [0.4, 0.5) is 10.1 Å². The molecular formula is C16H16FN3O2S. The summed E-state index contributed by atoms with van der Waals surface area (Å²) in [5.74, 6) is -0.708. The highest BCUT2D eigenvalue weighted by Gasteiger charge is 2.21. The van der Waals surface area contributed by atoms with Gasteiger partial charge < -0.3 is 5.32 Å². The SMILES string of the molecule is CSc1nc2c(c(=O)n1CC(=O)Nc1ccc(F)cc1)CCC2. The number of amides is 1. The van der Waals surface area contributed by atoms with E-state index in [-0.39, 0.29) is 23.8 Å².